The SMILES string of the molecule is O=C(O)CCCCCC(O)C/C=C\CC(O)CCCCCC(=O)O. The summed E-state index contributed by atoms with van der Waals surface area (Å²) in [6.45, 7) is 0. The van der Waals surface area contributed by atoms with Crippen LogP contribution in [0.3, 0.4) is 0 Å². The summed E-state index contributed by atoms with van der Waals surface area (Å²) in [5.74, 6) is -1.56. The minimum Gasteiger partial charge on any atom is -0.481 e. The summed E-state index contributed by atoms with van der Waals surface area (Å²) in [6, 6.07) is 0. The van der Waals surface area contributed by atoms with E-state index in [0.717, 1.165) is 25.7 Å². The standard InChI is InChI=1S/C18H32O6/c19-15(9-3-1-5-13-17(21)22)11-7-8-12-16(20)10-4-2-6-14-18(23)24/h7-8,15-16,19-20H,1-6,9-14H2,(H,21,22)(H,23,24)/b8-7-. The van der Waals surface area contributed by atoms with Crippen molar-refractivity contribution in [3.8, 4) is 0 Å². The molecule has 0 fully saturated rings. The van der Waals surface area contributed by atoms with Gasteiger partial charge in [0.1, 0.15) is 0 Å². The minimum absolute atomic E-state index is 0.185. The molecule has 0 aliphatic rings. The molecule has 4 N–H and O–H groups in total. The van der Waals surface area contributed by atoms with Gasteiger partial charge in [-0.3, -0.25) is 9.59 Å². The number of aliphatic hydroxyl groups is 2. The number of aliphatic carboxylic acids is 2. The number of carboxylic acids is 2. The van der Waals surface area contributed by atoms with Crippen LogP contribution in [0.15, 0.2) is 12.2 Å². The third-order valence-corrected chi connectivity index (χ3v) is 3.84. The quantitative estimate of drug-likeness (QED) is 0.253. The Balaban J connectivity index is 3.51. The van der Waals surface area contributed by atoms with Crippen LogP contribution in [0.2, 0.25) is 0 Å². The number of rotatable bonds is 16. The first-order chi connectivity index (χ1) is 11.4. The number of carbonyl (C=O) groups is 2. The summed E-state index contributed by atoms with van der Waals surface area (Å²) in [4.78, 5) is 20.7. The molecular formula is C18H32O6. The molecule has 24 heavy (non-hydrogen) atoms. The van der Waals surface area contributed by atoms with Crippen molar-refractivity contribution in [2.45, 2.75) is 89.3 Å². The molecule has 0 aromatic rings. The molecule has 0 heterocycles. The molecule has 0 aromatic heterocycles. The predicted octanol–water partition coefficient (Wildman–Crippen LogP) is 3.11. The molecule has 6 nitrogen and oxygen atoms in total. The van der Waals surface area contributed by atoms with Gasteiger partial charge >= 0.3 is 11.9 Å². The van der Waals surface area contributed by atoms with Gasteiger partial charge in [-0.25, -0.2) is 0 Å². The Kier molecular flexibility index (Phi) is 14.3. The molecule has 0 saturated heterocycles. The number of carboxylic acid groups (broad SMARTS) is 2. The summed E-state index contributed by atoms with van der Waals surface area (Å²) in [6.07, 6.45) is 10.3. The first kappa shape index (κ1) is 22.6. The molecule has 0 aliphatic carbocycles. The maximum absolute atomic E-state index is 10.3. The average Bonchev–Trinajstić information content (AvgIpc) is 2.50. The molecule has 2 atom stereocenters. The maximum Gasteiger partial charge on any atom is 0.303 e. The third kappa shape index (κ3) is 17.0. The molecule has 0 saturated carbocycles. The van der Waals surface area contributed by atoms with Gasteiger partial charge in [-0.2, -0.15) is 0 Å². The second-order valence-electron chi connectivity index (χ2n) is 6.24. The van der Waals surface area contributed by atoms with Gasteiger partial charge in [0.25, 0.3) is 0 Å². The summed E-state index contributed by atoms with van der Waals surface area (Å²) in [7, 11) is 0. The van der Waals surface area contributed by atoms with E-state index in [1.165, 1.54) is 0 Å². The molecule has 0 amide bonds. The lowest BCUT2D eigenvalue weighted by Crippen LogP contribution is -2.06. The van der Waals surface area contributed by atoms with Gasteiger partial charge in [0.15, 0.2) is 0 Å². The van der Waals surface area contributed by atoms with Crippen molar-refractivity contribution in [3.63, 3.8) is 0 Å². The molecule has 6 heteroatoms. The van der Waals surface area contributed by atoms with E-state index in [1.807, 2.05) is 12.2 Å². The van der Waals surface area contributed by atoms with Crippen LogP contribution in [-0.4, -0.2) is 44.6 Å². The average molecular weight is 344 g/mol. The first-order valence-electron chi connectivity index (χ1n) is 8.86. The van der Waals surface area contributed by atoms with E-state index in [0.29, 0.717) is 38.5 Å². The van der Waals surface area contributed by atoms with Crippen molar-refractivity contribution in [3.05, 3.63) is 12.2 Å². The molecule has 0 spiro atoms. The van der Waals surface area contributed by atoms with E-state index in [9.17, 15) is 19.8 Å². The topological polar surface area (TPSA) is 115 Å². The molecule has 0 aromatic carbocycles. The second-order valence-corrected chi connectivity index (χ2v) is 6.24. The van der Waals surface area contributed by atoms with Crippen LogP contribution in [0, 0.1) is 0 Å². The summed E-state index contributed by atoms with van der Waals surface area (Å²) >= 11 is 0. The van der Waals surface area contributed by atoms with Gasteiger partial charge < -0.3 is 20.4 Å². The highest BCUT2D eigenvalue weighted by Crippen LogP contribution is 2.11. The largest absolute Gasteiger partial charge is 0.481 e. The van der Waals surface area contributed by atoms with Crippen molar-refractivity contribution >= 4 is 11.9 Å². The van der Waals surface area contributed by atoms with Crippen LogP contribution in [-0.2, 0) is 9.59 Å². The summed E-state index contributed by atoms with van der Waals surface area (Å²) < 4.78 is 0. The van der Waals surface area contributed by atoms with Gasteiger partial charge in [0.05, 0.1) is 12.2 Å². The lowest BCUT2D eigenvalue weighted by Gasteiger charge is -2.09. The van der Waals surface area contributed by atoms with Crippen molar-refractivity contribution in [1.82, 2.24) is 0 Å². The van der Waals surface area contributed by atoms with Crippen molar-refractivity contribution in [1.29, 1.82) is 0 Å². The van der Waals surface area contributed by atoms with Crippen LogP contribution in [0.5, 0.6) is 0 Å². The molecule has 0 bridgehead atoms. The van der Waals surface area contributed by atoms with Crippen LogP contribution in [0.25, 0.3) is 0 Å². The second kappa shape index (κ2) is 15.1. The van der Waals surface area contributed by atoms with Crippen molar-refractivity contribution in [2.24, 2.45) is 0 Å². The number of aliphatic hydroxyl groups excluding tert-OH is 2. The fourth-order valence-corrected chi connectivity index (χ4v) is 2.41. The molecule has 0 radical (unpaired) electrons. The molecule has 0 rings (SSSR count). The van der Waals surface area contributed by atoms with Gasteiger partial charge in [0, 0.05) is 12.8 Å². The molecule has 2 unspecified atom stereocenters. The van der Waals surface area contributed by atoms with Crippen molar-refractivity contribution < 1.29 is 30.0 Å². The first-order valence-corrected chi connectivity index (χ1v) is 8.86. The number of hydrogen-bond donors (Lipinski definition) is 4. The Labute approximate surface area is 144 Å². The number of hydrogen-bond acceptors (Lipinski definition) is 4. The zero-order valence-corrected chi connectivity index (χ0v) is 14.4. The van der Waals surface area contributed by atoms with Crippen LogP contribution in [0.4, 0.5) is 0 Å². The maximum atomic E-state index is 10.3. The van der Waals surface area contributed by atoms with E-state index >= 15 is 0 Å². The Hall–Kier alpha value is -1.40. The van der Waals surface area contributed by atoms with Crippen LogP contribution in [0.1, 0.15) is 77.0 Å². The molecule has 0 aliphatic heterocycles. The van der Waals surface area contributed by atoms with E-state index in [-0.39, 0.29) is 12.8 Å². The number of unbranched alkanes of at least 4 members (excludes halogenated alkanes) is 4. The van der Waals surface area contributed by atoms with E-state index in [4.69, 9.17) is 10.2 Å². The molecular weight excluding hydrogens is 312 g/mol. The van der Waals surface area contributed by atoms with E-state index in [1.54, 1.807) is 0 Å². The van der Waals surface area contributed by atoms with Crippen LogP contribution < -0.4 is 0 Å². The molecule has 140 valence electrons. The van der Waals surface area contributed by atoms with Gasteiger partial charge in [0.2, 0.25) is 0 Å². The normalized spacial score (nSPS) is 13.9. The zero-order valence-electron chi connectivity index (χ0n) is 14.4. The highest BCUT2D eigenvalue weighted by atomic mass is 16.4. The highest BCUT2D eigenvalue weighted by Gasteiger charge is 2.04. The lowest BCUT2D eigenvalue weighted by molar-refractivity contribution is -0.138. The Morgan fingerprint density at radius 2 is 1.04 bits per heavy atom. The fourth-order valence-electron chi connectivity index (χ4n) is 2.41. The Bertz CT molecular complexity index is 333. The monoisotopic (exact) mass is 344 g/mol. The Morgan fingerprint density at radius 1 is 0.667 bits per heavy atom. The van der Waals surface area contributed by atoms with E-state index in [2.05, 4.69) is 0 Å². The Morgan fingerprint density at radius 3 is 1.38 bits per heavy atom. The van der Waals surface area contributed by atoms with Gasteiger partial charge in [-0.15, -0.1) is 0 Å². The predicted molar refractivity (Wildman–Crippen MR) is 91.8 cm³/mol. The van der Waals surface area contributed by atoms with Gasteiger partial charge in [-0.05, 0) is 38.5 Å². The minimum atomic E-state index is -0.779. The lowest BCUT2D eigenvalue weighted by atomic mass is 10.0. The van der Waals surface area contributed by atoms with Crippen molar-refractivity contribution in [2.75, 3.05) is 0 Å². The van der Waals surface area contributed by atoms with Gasteiger partial charge in [-0.1, -0.05) is 37.8 Å². The summed E-state index contributed by atoms with van der Waals surface area (Å²) in [5.41, 5.74) is 0. The van der Waals surface area contributed by atoms with E-state index < -0.39 is 24.1 Å². The smallest absolute Gasteiger partial charge is 0.303 e. The highest BCUT2D eigenvalue weighted by molar-refractivity contribution is 5.66. The van der Waals surface area contributed by atoms with Crippen LogP contribution >= 0.6 is 0 Å². The zero-order chi connectivity index (χ0) is 18.2. The fraction of sp³-hybridized carbons (Fsp3) is 0.778. The third-order valence-electron chi connectivity index (χ3n) is 3.84. The summed E-state index contributed by atoms with van der Waals surface area (Å²) in [5, 5.41) is 36.6.